The highest BCUT2D eigenvalue weighted by molar-refractivity contribution is 5.80. The average molecular weight is 309 g/mol. The standard InChI is InChI=1S/C16H23NO5/c1-15(2,3)11-5-7-12(8-6-11)22-9-13(18)17-10-16(4,21)14(19)20/h5-8,21H,9-10H2,1-4H3,(H,17,18)(H,19,20). The Morgan fingerprint density at radius 2 is 1.68 bits per heavy atom. The van der Waals surface area contributed by atoms with Crippen LogP contribution in [0.5, 0.6) is 5.75 Å². The van der Waals surface area contributed by atoms with Crippen molar-refractivity contribution >= 4 is 11.9 Å². The van der Waals surface area contributed by atoms with Crippen LogP contribution in [0, 0.1) is 0 Å². The van der Waals surface area contributed by atoms with E-state index in [0.717, 1.165) is 12.5 Å². The summed E-state index contributed by atoms with van der Waals surface area (Å²) in [5, 5.41) is 20.5. The van der Waals surface area contributed by atoms with Crippen LogP contribution < -0.4 is 10.1 Å². The molecule has 6 nitrogen and oxygen atoms in total. The van der Waals surface area contributed by atoms with Crippen LogP contribution in [0.3, 0.4) is 0 Å². The van der Waals surface area contributed by atoms with E-state index in [1.165, 1.54) is 0 Å². The molecule has 0 saturated heterocycles. The lowest BCUT2D eigenvalue weighted by molar-refractivity contribution is -0.156. The lowest BCUT2D eigenvalue weighted by Gasteiger charge is -2.19. The number of carbonyl (C=O) groups excluding carboxylic acids is 1. The zero-order valence-electron chi connectivity index (χ0n) is 13.3. The highest BCUT2D eigenvalue weighted by Crippen LogP contribution is 2.24. The molecule has 6 heteroatoms. The normalized spacial score (nSPS) is 14.0. The number of rotatable bonds is 6. The fourth-order valence-electron chi connectivity index (χ4n) is 1.60. The summed E-state index contributed by atoms with van der Waals surface area (Å²) in [5.74, 6) is -1.35. The molecule has 3 N–H and O–H groups in total. The van der Waals surface area contributed by atoms with Gasteiger partial charge in [-0.3, -0.25) is 4.79 Å². The number of aliphatic carboxylic acids is 1. The van der Waals surface area contributed by atoms with Gasteiger partial charge in [-0.1, -0.05) is 32.9 Å². The molecule has 0 fully saturated rings. The molecular weight excluding hydrogens is 286 g/mol. The second kappa shape index (κ2) is 6.79. The molecule has 1 rings (SSSR count). The minimum atomic E-state index is -2.00. The van der Waals surface area contributed by atoms with E-state index in [9.17, 15) is 14.7 Å². The number of carboxylic acids is 1. The Labute approximate surface area is 130 Å². The van der Waals surface area contributed by atoms with Gasteiger partial charge in [0.1, 0.15) is 5.75 Å². The van der Waals surface area contributed by atoms with Crippen LogP contribution in [-0.4, -0.2) is 40.8 Å². The van der Waals surface area contributed by atoms with Gasteiger partial charge in [0.2, 0.25) is 0 Å². The molecule has 0 aliphatic rings. The maximum absolute atomic E-state index is 11.6. The molecule has 0 aliphatic heterocycles. The predicted octanol–water partition coefficient (Wildman–Crippen LogP) is 1.31. The number of benzene rings is 1. The first-order valence-corrected chi connectivity index (χ1v) is 6.98. The topological polar surface area (TPSA) is 95.9 Å². The molecule has 0 aromatic heterocycles. The summed E-state index contributed by atoms with van der Waals surface area (Å²) in [6.07, 6.45) is 0. The summed E-state index contributed by atoms with van der Waals surface area (Å²) in [7, 11) is 0. The van der Waals surface area contributed by atoms with Crippen LogP contribution in [0.1, 0.15) is 33.3 Å². The van der Waals surface area contributed by atoms with E-state index in [0.29, 0.717) is 5.75 Å². The molecule has 122 valence electrons. The summed E-state index contributed by atoms with van der Waals surface area (Å²) in [4.78, 5) is 22.3. The van der Waals surface area contributed by atoms with Crippen LogP contribution in [0.15, 0.2) is 24.3 Å². The second-order valence-corrected chi connectivity index (χ2v) is 6.42. The molecule has 1 aromatic carbocycles. The number of aliphatic hydroxyl groups is 1. The highest BCUT2D eigenvalue weighted by atomic mass is 16.5. The third kappa shape index (κ3) is 5.37. The smallest absolute Gasteiger partial charge is 0.337 e. The van der Waals surface area contributed by atoms with Gasteiger partial charge in [0, 0.05) is 0 Å². The monoisotopic (exact) mass is 309 g/mol. The molecule has 0 aliphatic carbocycles. The molecule has 1 aromatic rings. The fraction of sp³-hybridized carbons (Fsp3) is 0.500. The minimum absolute atomic E-state index is 0.0400. The molecule has 1 unspecified atom stereocenters. The van der Waals surface area contributed by atoms with Gasteiger partial charge in [0.05, 0.1) is 6.54 Å². The van der Waals surface area contributed by atoms with Gasteiger partial charge < -0.3 is 20.3 Å². The average Bonchev–Trinajstić information content (AvgIpc) is 2.42. The van der Waals surface area contributed by atoms with E-state index in [-0.39, 0.29) is 18.6 Å². The molecule has 1 amide bonds. The Hall–Kier alpha value is -2.08. The van der Waals surface area contributed by atoms with Crippen molar-refractivity contribution in [2.24, 2.45) is 0 Å². The Bertz CT molecular complexity index is 528. The lowest BCUT2D eigenvalue weighted by Crippen LogP contribution is -2.47. The first-order chi connectivity index (χ1) is 10.0. The maximum atomic E-state index is 11.6. The number of ether oxygens (including phenoxy) is 1. The van der Waals surface area contributed by atoms with Crippen LogP contribution >= 0.6 is 0 Å². The van der Waals surface area contributed by atoms with E-state index >= 15 is 0 Å². The van der Waals surface area contributed by atoms with Crippen molar-refractivity contribution < 1.29 is 24.5 Å². The van der Waals surface area contributed by atoms with Crippen LogP contribution in [-0.2, 0) is 15.0 Å². The molecular formula is C16H23NO5. The fourth-order valence-corrected chi connectivity index (χ4v) is 1.60. The van der Waals surface area contributed by atoms with Crippen LogP contribution in [0.4, 0.5) is 0 Å². The van der Waals surface area contributed by atoms with Gasteiger partial charge in [0.15, 0.2) is 12.2 Å². The van der Waals surface area contributed by atoms with E-state index in [1.54, 1.807) is 12.1 Å². The summed E-state index contributed by atoms with van der Waals surface area (Å²) in [6.45, 7) is 6.79. The van der Waals surface area contributed by atoms with Crippen LogP contribution in [0.2, 0.25) is 0 Å². The highest BCUT2D eigenvalue weighted by Gasteiger charge is 2.30. The molecule has 0 spiro atoms. The zero-order chi connectivity index (χ0) is 17.0. The largest absolute Gasteiger partial charge is 0.484 e. The minimum Gasteiger partial charge on any atom is -0.484 e. The Balaban J connectivity index is 2.46. The number of hydrogen-bond donors (Lipinski definition) is 3. The maximum Gasteiger partial charge on any atom is 0.337 e. The van der Waals surface area contributed by atoms with Gasteiger partial charge in [-0.15, -0.1) is 0 Å². The predicted molar refractivity (Wildman–Crippen MR) is 81.9 cm³/mol. The van der Waals surface area contributed by atoms with Crippen molar-refractivity contribution in [2.45, 2.75) is 38.7 Å². The Kier molecular flexibility index (Phi) is 5.54. The van der Waals surface area contributed by atoms with Crippen molar-refractivity contribution in [1.82, 2.24) is 5.32 Å². The number of carbonyl (C=O) groups is 2. The molecule has 0 saturated carbocycles. The molecule has 0 bridgehead atoms. The number of carboxylic acid groups (broad SMARTS) is 1. The summed E-state index contributed by atoms with van der Waals surface area (Å²) >= 11 is 0. The quantitative estimate of drug-likeness (QED) is 0.736. The van der Waals surface area contributed by atoms with Gasteiger partial charge in [-0.05, 0) is 30.0 Å². The lowest BCUT2D eigenvalue weighted by atomic mass is 9.87. The summed E-state index contributed by atoms with van der Waals surface area (Å²) in [5.41, 5.74) is -0.802. The zero-order valence-corrected chi connectivity index (χ0v) is 13.3. The second-order valence-electron chi connectivity index (χ2n) is 6.42. The van der Waals surface area contributed by atoms with E-state index < -0.39 is 17.5 Å². The van der Waals surface area contributed by atoms with Gasteiger partial charge >= 0.3 is 5.97 Å². The van der Waals surface area contributed by atoms with Crippen molar-refractivity contribution in [3.05, 3.63) is 29.8 Å². The Morgan fingerprint density at radius 3 is 2.14 bits per heavy atom. The number of nitrogens with one attached hydrogen (secondary N) is 1. The van der Waals surface area contributed by atoms with Crippen molar-refractivity contribution in [2.75, 3.05) is 13.2 Å². The third-order valence-corrected chi connectivity index (χ3v) is 3.18. The van der Waals surface area contributed by atoms with Gasteiger partial charge in [-0.25, -0.2) is 4.79 Å². The number of hydrogen-bond acceptors (Lipinski definition) is 4. The molecule has 1 atom stereocenters. The van der Waals surface area contributed by atoms with E-state index in [4.69, 9.17) is 9.84 Å². The van der Waals surface area contributed by atoms with Crippen molar-refractivity contribution in [1.29, 1.82) is 0 Å². The van der Waals surface area contributed by atoms with Gasteiger partial charge in [0.25, 0.3) is 5.91 Å². The van der Waals surface area contributed by atoms with Gasteiger partial charge in [-0.2, -0.15) is 0 Å². The van der Waals surface area contributed by atoms with Crippen molar-refractivity contribution in [3.8, 4) is 5.75 Å². The van der Waals surface area contributed by atoms with E-state index in [2.05, 4.69) is 26.1 Å². The van der Waals surface area contributed by atoms with Crippen LogP contribution in [0.25, 0.3) is 0 Å². The third-order valence-electron chi connectivity index (χ3n) is 3.18. The summed E-state index contributed by atoms with van der Waals surface area (Å²) < 4.78 is 5.32. The van der Waals surface area contributed by atoms with E-state index in [1.807, 2.05) is 12.1 Å². The first kappa shape index (κ1) is 18.0. The SMILES string of the molecule is CC(O)(CNC(=O)COc1ccc(C(C)(C)C)cc1)C(=O)O. The first-order valence-electron chi connectivity index (χ1n) is 6.98. The molecule has 22 heavy (non-hydrogen) atoms. The Morgan fingerprint density at radius 1 is 1.14 bits per heavy atom. The molecule has 0 radical (unpaired) electrons. The number of amides is 1. The summed E-state index contributed by atoms with van der Waals surface area (Å²) in [6, 6.07) is 7.42. The molecule has 0 heterocycles. The van der Waals surface area contributed by atoms with Crippen molar-refractivity contribution in [3.63, 3.8) is 0 Å².